The molecule has 0 unspecified atom stereocenters. The second-order valence-electron chi connectivity index (χ2n) is 6.48. The molecule has 3 rings (SSSR count). The van der Waals surface area contributed by atoms with E-state index in [1.54, 1.807) is 6.20 Å². The van der Waals surface area contributed by atoms with Gasteiger partial charge in [-0.05, 0) is 56.1 Å². The van der Waals surface area contributed by atoms with Crippen LogP contribution in [0.3, 0.4) is 0 Å². The molecular weight excluding hydrogens is 322 g/mol. The fourth-order valence-corrected chi connectivity index (χ4v) is 3.29. The molecule has 1 fully saturated rings. The zero-order valence-electron chi connectivity index (χ0n) is 13.8. The molecule has 24 heavy (non-hydrogen) atoms. The van der Waals surface area contributed by atoms with Crippen LogP contribution in [0, 0.1) is 0 Å². The number of pyridine rings is 1. The van der Waals surface area contributed by atoms with Crippen molar-refractivity contribution in [1.29, 1.82) is 0 Å². The van der Waals surface area contributed by atoms with Crippen molar-refractivity contribution in [2.24, 2.45) is 0 Å². The molecule has 0 radical (unpaired) electrons. The number of rotatable bonds is 6. The van der Waals surface area contributed by atoms with Crippen LogP contribution in [0.5, 0.6) is 0 Å². The van der Waals surface area contributed by atoms with Gasteiger partial charge in [-0.25, -0.2) is 0 Å². The molecule has 4 nitrogen and oxygen atoms in total. The molecule has 0 spiro atoms. The quantitative estimate of drug-likeness (QED) is 0.874. The van der Waals surface area contributed by atoms with Crippen molar-refractivity contribution in [3.8, 4) is 0 Å². The molecule has 1 heterocycles. The maximum Gasteiger partial charge on any atom is 0.234 e. The number of benzene rings is 1. The summed E-state index contributed by atoms with van der Waals surface area (Å²) in [4.78, 5) is 18.8. The lowest BCUT2D eigenvalue weighted by atomic mass is 9.72. The molecule has 126 valence electrons. The number of carbonyl (C=O) groups is 1. The fourth-order valence-electron chi connectivity index (χ4n) is 3.16. The van der Waals surface area contributed by atoms with Crippen molar-refractivity contribution >= 4 is 17.5 Å². The van der Waals surface area contributed by atoms with Gasteiger partial charge >= 0.3 is 0 Å². The number of carbonyl (C=O) groups excluding carboxylic acids is 1. The summed E-state index contributed by atoms with van der Waals surface area (Å²) in [7, 11) is 1.93. The van der Waals surface area contributed by atoms with Crippen molar-refractivity contribution in [2.45, 2.75) is 31.3 Å². The predicted octanol–water partition coefficient (Wildman–Crippen LogP) is 3.36. The Kier molecular flexibility index (Phi) is 5.17. The van der Waals surface area contributed by atoms with E-state index in [1.807, 2.05) is 54.4 Å². The van der Waals surface area contributed by atoms with E-state index in [-0.39, 0.29) is 11.4 Å². The SMILES string of the molecule is CN(CC(=O)NC1(c2ccc(Cl)cc2)CCC1)Cc1ccccn1. The average molecular weight is 344 g/mol. The summed E-state index contributed by atoms with van der Waals surface area (Å²) in [5, 5.41) is 3.96. The monoisotopic (exact) mass is 343 g/mol. The maximum absolute atomic E-state index is 12.5. The van der Waals surface area contributed by atoms with Crippen LogP contribution in [0.2, 0.25) is 5.02 Å². The first kappa shape index (κ1) is 16.9. The van der Waals surface area contributed by atoms with Crippen LogP contribution in [0.25, 0.3) is 0 Å². The third-order valence-electron chi connectivity index (χ3n) is 4.55. The topological polar surface area (TPSA) is 45.2 Å². The molecule has 1 aliphatic rings. The lowest BCUT2D eigenvalue weighted by Gasteiger charge is -2.43. The van der Waals surface area contributed by atoms with Crippen molar-refractivity contribution in [2.75, 3.05) is 13.6 Å². The Hall–Kier alpha value is -1.91. The normalized spacial score (nSPS) is 15.8. The van der Waals surface area contributed by atoms with Gasteiger partial charge in [0.15, 0.2) is 0 Å². The molecule has 1 aliphatic carbocycles. The first-order valence-electron chi connectivity index (χ1n) is 8.23. The van der Waals surface area contributed by atoms with Gasteiger partial charge < -0.3 is 5.32 Å². The van der Waals surface area contributed by atoms with E-state index < -0.39 is 0 Å². The summed E-state index contributed by atoms with van der Waals surface area (Å²) in [5.74, 6) is 0.0445. The Morgan fingerprint density at radius 3 is 2.58 bits per heavy atom. The lowest BCUT2D eigenvalue weighted by Crippen LogP contribution is -2.52. The minimum atomic E-state index is -0.229. The highest BCUT2D eigenvalue weighted by atomic mass is 35.5. The Morgan fingerprint density at radius 1 is 1.25 bits per heavy atom. The second kappa shape index (κ2) is 7.32. The molecule has 1 aromatic carbocycles. The first-order chi connectivity index (χ1) is 11.6. The molecule has 0 saturated heterocycles. The molecule has 1 N–H and O–H groups in total. The van der Waals surface area contributed by atoms with Crippen LogP contribution in [0.4, 0.5) is 0 Å². The Labute approximate surface area is 147 Å². The zero-order valence-corrected chi connectivity index (χ0v) is 14.6. The maximum atomic E-state index is 12.5. The second-order valence-corrected chi connectivity index (χ2v) is 6.92. The average Bonchev–Trinajstić information content (AvgIpc) is 2.52. The van der Waals surface area contributed by atoms with Gasteiger partial charge in [0, 0.05) is 17.8 Å². The number of hydrogen-bond donors (Lipinski definition) is 1. The molecule has 0 atom stereocenters. The van der Waals surface area contributed by atoms with E-state index in [1.165, 1.54) is 0 Å². The molecule has 5 heteroatoms. The highest BCUT2D eigenvalue weighted by Gasteiger charge is 2.39. The number of aromatic nitrogens is 1. The highest BCUT2D eigenvalue weighted by Crippen LogP contribution is 2.41. The number of hydrogen-bond acceptors (Lipinski definition) is 3. The van der Waals surface area contributed by atoms with Gasteiger partial charge in [-0.2, -0.15) is 0 Å². The molecule has 2 aromatic rings. The van der Waals surface area contributed by atoms with Gasteiger partial charge in [0.1, 0.15) is 0 Å². The van der Waals surface area contributed by atoms with Gasteiger partial charge in [0.05, 0.1) is 17.8 Å². The van der Waals surface area contributed by atoms with Crippen molar-refractivity contribution in [3.05, 3.63) is 64.9 Å². The van der Waals surface area contributed by atoms with Crippen LogP contribution in [-0.2, 0) is 16.9 Å². The third kappa shape index (κ3) is 3.94. The predicted molar refractivity (Wildman–Crippen MR) is 95.7 cm³/mol. The highest BCUT2D eigenvalue weighted by molar-refractivity contribution is 6.30. The van der Waals surface area contributed by atoms with Gasteiger partial charge in [0.2, 0.25) is 5.91 Å². The van der Waals surface area contributed by atoms with Crippen molar-refractivity contribution in [1.82, 2.24) is 15.2 Å². The summed E-state index contributed by atoms with van der Waals surface area (Å²) in [5.41, 5.74) is 1.87. The van der Waals surface area contributed by atoms with Crippen molar-refractivity contribution < 1.29 is 4.79 Å². The summed E-state index contributed by atoms with van der Waals surface area (Å²) in [6, 6.07) is 13.6. The smallest absolute Gasteiger partial charge is 0.234 e. The van der Waals surface area contributed by atoms with Crippen LogP contribution < -0.4 is 5.32 Å². The van der Waals surface area contributed by atoms with Crippen LogP contribution in [0.1, 0.15) is 30.5 Å². The van der Waals surface area contributed by atoms with Crippen molar-refractivity contribution in [3.63, 3.8) is 0 Å². The summed E-state index contributed by atoms with van der Waals surface area (Å²) >= 11 is 5.97. The van der Waals surface area contributed by atoms with Crippen LogP contribution >= 0.6 is 11.6 Å². The molecule has 0 aliphatic heterocycles. The fraction of sp³-hybridized carbons (Fsp3) is 0.368. The Balaban J connectivity index is 1.59. The minimum Gasteiger partial charge on any atom is -0.345 e. The largest absolute Gasteiger partial charge is 0.345 e. The number of halogens is 1. The first-order valence-corrected chi connectivity index (χ1v) is 8.61. The number of likely N-dealkylation sites (N-methyl/N-ethyl adjacent to an activating group) is 1. The minimum absolute atomic E-state index is 0.0445. The molecule has 1 saturated carbocycles. The standard InChI is InChI=1S/C19H22ClN3O/c1-23(13-17-5-2-3-12-21-17)14-18(24)22-19(10-4-11-19)15-6-8-16(20)9-7-15/h2-3,5-9,12H,4,10-11,13-14H2,1H3,(H,22,24). The number of amides is 1. The Morgan fingerprint density at radius 2 is 2.00 bits per heavy atom. The zero-order chi connectivity index (χ0) is 17.0. The van der Waals surface area contributed by atoms with Gasteiger partial charge in [-0.1, -0.05) is 29.8 Å². The number of nitrogens with zero attached hydrogens (tertiary/aromatic N) is 2. The van der Waals surface area contributed by atoms with E-state index in [0.717, 1.165) is 35.5 Å². The summed E-state index contributed by atoms with van der Waals surface area (Å²) < 4.78 is 0. The molecule has 1 aromatic heterocycles. The van der Waals surface area contributed by atoms with Gasteiger partial charge in [-0.3, -0.25) is 14.7 Å². The van der Waals surface area contributed by atoms with E-state index in [4.69, 9.17) is 11.6 Å². The molecule has 1 amide bonds. The van der Waals surface area contributed by atoms with Gasteiger partial charge in [-0.15, -0.1) is 0 Å². The van der Waals surface area contributed by atoms with Crippen LogP contribution in [-0.4, -0.2) is 29.4 Å². The van der Waals surface area contributed by atoms with E-state index in [0.29, 0.717) is 13.1 Å². The Bertz CT molecular complexity index is 684. The summed E-state index contributed by atoms with van der Waals surface area (Å²) in [6.45, 7) is 1.01. The summed E-state index contributed by atoms with van der Waals surface area (Å²) in [6.07, 6.45) is 4.86. The van der Waals surface area contributed by atoms with Crippen LogP contribution in [0.15, 0.2) is 48.7 Å². The van der Waals surface area contributed by atoms with E-state index in [2.05, 4.69) is 10.3 Å². The third-order valence-corrected chi connectivity index (χ3v) is 4.81. The lowest BCUT2D eigenvalue weighted by molar-refractivity contribution is -0.125. The molecular formula is C19H22ClN3O. The van der Waals surface area contributed by atoms with E-state index >= 15 is 0 Å². The number of nitrogens with one attached hydrogen (secondary N) is 1. The van der Waals surface area contributed by atoms with Gasteiger partial charge in [0.25, 0.3) is 0 Å². The molecule has 0 bridgehead atoms. The van der Waals surface area contributed by atoms with E-state index in [9.17, 15) is 4.79 Å².